The second kappa shape index (κ2) is 7.22. The van der Waals surface area contributed by atoms with Gasteiger partial charge in [0.2, 0.25) is 0 Å². The Labute approximate surface area is 141 Å². The minimum atomic E-state index is -1.38. The van der Waals surface area contributed by atoms with Gasteiger partial charge < -0.3 is 9.47 Å². The number of nitrogens with one attached hydrogen (secondary N) is 1. The first-order valence-electron chi connectivity index (χ1n) is 7.56. The summed E-state index contributed by atoms with van der Waals surface area (Å²) in [6, 6.07) is 6.99. The van der Waals surface area contributed by atoms with Gasteiger partial charge in [0.05, 0.1) is 5.70 Å². The molecule has 0 heterocycles. The molecule has 1 aromatic carbocycles. The van der Waals surface area contributed by atoms with Gasteiger partial charge in [-0.25, -0.2) is 9.18 Å². The molecule has 0 spiro atoms. The summed E-state index contributed by atoms with van der Waals surface area (Å²) in [5.74, 6) is 3.51. The third-order valence-corrected chi connectivity index (χ3v) is 3.06. The van der Waals surface area contributed by atoms with E-state index in [1.54, 1.807) is 51.1 Å². The molecule has 0 bridgehead atoms. The van der Waals surface area contributed by atoms with E-state index in [0.717, 1.165) is 0 Å². The van der Waals surface area contributed by atoms with Crippen LogP contribution in [0.25, 0.3) is 0 Å². The van der Waals surface area contributed by atoms with Crippen molar-refractivity contribution in [1.29, 1.82) is 0 Å². The summed E-state index contributed by atoms with van der Waals surface area (Å²) in [7, 11) is 0. The number of allylic oxidation sites excluding steroid dienone is 4. The molecular weight excluding hydrogens is 309 g/mol. The van der Waals surface area contributed by atoms with Gasteiger partial charge in [0, 0.05) is 12.0 Å². The Balaban J connectivity index is 2.03. The Morgan fingerprint density at radius 1 is 1.38 bits per heavy atom. The monoisotopic (exact) mass is 329 g/mol. The maximum atomic E-state index is 14.2. The number of halogens is 1. The predicted octanol–water partition coefficient (Wildman–Crippen LogP) is 4.08. The highest BCUT2D eigenvalue weighted by Crippen LogP contribution is 2.24. The molecule has 1 unspecified atom stereocenters. The Morgan fingerprint density at radius 2 is 2.12 bits per heavy atom. The van der Waals surface area contributed by atoms with Crippen molar-refractivity contribution in [2.75, 3.05) is 0 Å². The van der Waals surface area contributed by atoms with Crippen LogP contribution < -0.4 is 10.1 Å². The van der Waals surface area contributed by atoms with Gasteiger partial charge in [0.15, 0.2) is 0 Å². The number of amides is 1. The molecule has 5 heteroatoms. The van der Waals surface area contributed by atoms with Crippen LogP contribution in [0.1, 0.15) is 32.8 Å². The van der Waals surface area contributed by atoms with Crippen LogP contribution >= 0.6 is 0 Å². The molecule has 1 amide bonds. The quantitative estimate of drug-likeness (QED) is 0.850. The summed E-state index contributed by atoms with van der Waals surface area (Å²) in [4.78, 5) is 11.7. The molecule has 0 radical (unpaired) electrons. The summed E-state index contributed by atoms with van der Waals surface area (Å²) < 4.78 is 25.0. The zero-order valence-corrected chi connectivity index (χ0v) is 13.9. The fourth-order valence-corrected chi connectivity index (χ4v) is 2.06. The van der Waals surface area contributed by atoms with Crippen molar-refractivity contribution in [3.05, 3.63) is 53.4 Å². The van der Waals surface area contributed by atoms with Crippen LogP contribution in [0.15, 0.2) is 47.9 Å². The molecule has 0 saturated heterocycles. The number of carbonyl (C=O) groups excluding carboxylic acids is 1. The minimum Gasteiger partial charge on any atom is -0.462 e. The van der Waals surface area contributed by atoms with Gasteiger partial charge in [-0.15, -0.1) is 6.42 Å². The average Bonchev–Trinajstić information content (AvgIpc) is 2.48. The number of carbonyl (C=O) groups is 1. The molecule has 0 fully saturated rings. The number of ether oxygens (including phenoxy) is 2. The zero-order valence-electron chi connectivity index (χ0n) is 13.9. The van der Waals surface area contributed by atoms with Crippen LogP contribution in [0.2, 0.25) is 0 Å². The van der Waals surface area contributed by atoms with Crippen molar-refractivity contribution >= 4 is 6.09 Å². The first-order chi connectivity index (χ1) is 11.3. The zero-order chi connectivity index (χ0) is 17.7. The van der Waals surface area contributed by atoms with Crippen molar-refractivity contribution in [2.24, 2.45) is 0 Å². The molecule has 1 N–H and O–H groups in total. The van der Waals surface area contributed by atoms with Gasteiger partial charge in [-0.3, -0.25) is 5.32 Å². The summed E-state index contributed by atoms with van der Waals surface area (Å²) in [6.07, 6.45) is 6.38. The highest BCUT2D eigenvalue weighted by Gasteiger charge is 2.24. The number of alkyl halides is 1. The van der Waals surface area contributed by atoms with Crippen molar-refractivity contribution < 1.29 is 18.7 Å². The SMILES string of the molecule is C#Cc1cccc(OC2=CC=C(NC(=O)OC(C)(C)C)C(F)C2)c1. The molecule has 1 aliphatic carbocycles. The van der Waals surface area contributed by atoms with E-state index in [2.05, 4.69) is 11.2 Å². The van der Waals surface area contributed by atoms with E-state index in [9.17, 15) is 9.18 Å². The second-order valence-corrected chi connectivity index (χ2v) is 6.33. The lowest BCUT2D eigenvalue weighted by atomic mass is 10.1. The predicted molar refractivity (Wildman–Crippen MR) is 90.1 cm³/mol. The molecular formula is C19H20FNO3. The minimum absolute atomic E-state index is 0.0158. The van der Waals surface area contributed by atoms with Crippen LogP contribution in [-0.4, -0.2) is 17.9 Å². The number of benzene rings is 1. The summed E-state index contributed by atoms with van der Waals surface area (Å²) in [6.45, 7) is 5.22. The molecule has 4 nitrogen and oxygen atoms in total. The molecule has 24 heavy (non-hydrogen) atoms. The molecule has 1 aromatic rings. The first-order valence-corrected chi connectivity index (χ1v) is 7.56. The van der Waals surface area contributed by atoms with E-state index in [1.807, 2.05) is 0 Å². The van der Waals surface area contributed by atoms with Crippen LogP contribution in [0, 0.1) is 12.3 Å². The van der Waals surface area contributed by atoms with Gasteiger partial charge >= 0.3 is 6.09 Å². The number of hydrogen-bond acceptors (Lipinski definition) is 3. The standard InChI is InChI=1S/C19H20FNO3/c1-5-13-7-6-8-14(11-13)23-15-9-10-17(16(20)12-15)21-18(22)24-19(2,3)4/h1,6-11,16H,12H2,2-4H3,(H,21,22). The van der Waals surface area contributed by atoms with E-state index in [0.29, 0.717) is 17.1 Å². The first kappa shape index (κ1) is 17.6. The summed E-state index contributed by atoms with van der Waals surface area (Å²) >= 11 is 0. The van der Waals surface area contributed by atoms with E-state index in [1.165, 1.54) is 6.08 Å². The Bertz CT molecular complexity index is 723. The fraction of sp³-hybridized carbons (Fsp3) is 0.316. The largest absolute Gasteiger partial charge is 0.462 e. The van der Waals surface area contributed by atoms with Gasteiger partial charge in [0.25, 0.3) is 0 Å². The Kier molecular flexibility index (Phi) is 5.30. The summed E-state index contributed by atoms with van der Waals surface area (Å²) in [5.41, 5.74) is 0.189. The van der Waals surface area contributed by atoms with Crippen LogP contribution in [0.4, 0.5) is 9.18 Å². The van der Waals surface area contributed by atoms with E-state index in [4.69, 9.17) is 15.9 Å². The van der Waals surface area contributed by atoms with Crippen LogP contribution in [0.5, 0.6) is 5.75 Å². The van der Waals surface area contributed by atoms with Gasteiger partial charge in [0.1, 0.15) is 23.3 Å². The fourth-order valence-electron chi connectivity index (χ4n) is 2.06. The van der Waals surface area contributed by atoms with E-state index < -0.39 is 17.9 Å². The third kappa shape index (κ3) is 5.17. The molecule has 0 aromatic heterocycles. The van der Waals surface area contributed by atoms with Crippen molar-refractivity contribution in [3.8, 4) is 18.1 Å². The van der Waals surface area contributed by atoms with E-state index in [-0.39, 0.29) is 12.1 Å². The number of rotatable bonds is 3. The van der Waals surface area contributed by atoms with Crippen LogP contribution in [-0.2, 0) is 4.74 Å². The number of hydrogen-bond donors (Lipinski definition) is 1. The molecule has 126 valence electrons. The number of alkyl carbamates (subject to hydrolysis) is 1. The average molecular weight is 329 g/mol. The lowest BCUT2D eigenvalue weighted by molar-refractivity contribution is 0.0535. The second-order valence-electron chi connectivity index (χ2n) is 6.33. The van der Waals surface area contributed by atoms with Crippen LogP contribution in [0.3, 0.4) is 0 Å². The van der Waals surface area contributed by atoms with Crippen molar-refractivity contribution in [2.45, 2.75) is 39.0 Å². The highest BCUT2D eigenvalue weighted by atomic mass is 19.1. The summed E-state index contributed by atoms with van der Waals surface area (Å²) in [5, 5.41) is 2.43. The topological polar surface area (TPSA) is 47.6 Å². The molecule has 2 rings (SSSR count). The normalized spacial score (nSPS) is 17.2. The van der Waals surface area contributed by atoms with Crippen molar-refractivity contribution in [3.63, 3.8) is 0 Å². The third-order valence-electron chi connectivity index (χ3n) is 3.06. The highest BCUT2D eigenvalue weighted by molar-refractivity contribution is 5.70. The smallest absolute Gasteiger partial charge is 0.411 e. The maximum absolute atomic E-state index is 14.2. The Morgan fingerprint density at radius 3 is 2.75 bits per heavy atom. The van der Waals surface area contributed by atoms with Gasteiger partial charge in [-0.05, 0) is 51.1 Å². The molecule has 0 aliphatic heterocycles. The lowest BCUT2D eigenvalue weighted by Gasteiger charge is -2.23. The maximum Gasteiger partial charge on any atom is 0.411 e. The molecule has 1 atom stereocenters. The molecule has 0 saturated carbocycles. The van der Waals surface area contributed by atoms with E-state index >= 15 is 0 Å². The van der Waals surface area contributed by atoms with Gasteiger partial charge in [-0.1, -0.05) is 12.0 Å². The Hall–Kier alpha value is -2.74. The lowest BCUT2D eigenvalue weighted by Crippen LogP contribution is -2.35. The number of terminal acetylenes is 1. The van der Waals surface area contributed by atoms with Crippen molar-refractivity contribution in [1.82, 2.24) is 5.32 Å². The molecule has 1 aliphatic rings. The van der Waals surface area contributed by atoms with Gasteiger partial charge in [-0.2, -0.15) is 0 Å².